The van der Waals surface area contributed by atoms with E-state index in [1.54, 1.807) is 25.3 Å². The standard InChI is InChI=1S/C14H16N2O3/c1-3-14(2,13(18)19)16-12(17)10-5-4-9-6-7-15-11(9)8-10/h4-8,15H,3H2,1-2H3,(H,16,17)(H,18,19). The van der Waals surface area contributed by atoms with Crippen molar-refractivity contribution in [2.45, 2.75) is 25.8 Å². The van der Waals surface area contributed by atoms with Gasteiger partial charge in [-0.25, -0.2) is 4.79 Å². The Kier molecular flexibility index (Phi) is 3.29. The molecule has 1 amide bonds. The van der Waals surface area contributed by atoms with Gasteiger partial charge in [0.25, 0.3) is 5.91 Å². The summed E-state index contributed by atoms with van der Waals surface area (Å²) < 4.78 is 0. The fourth-order valence-corrected chi connectivity index (χ4v) is 1.80. The van der Waals surface area contributed by atoms with Gasteiger partial charge < -0.3 is 15.4 Å². The zero-order valence-electron chi connectivity index (χ0n) is 10.9. The normalized spacial score (nSPS) is 14.0. The maximum absolute atomic E-state index is 12.1. The van der Waals surface area contributed by atoms with E-state index < -0.39 is 11.5 Å². The highest BCUT2D eigenvalue weighted by Crippen LogP contribution is 2.16. The Balaban J connectivity index is 2.26. The van der Waals surface area contributed by atoms with E-state index in [0.717, 1.165) is 10.9 Å². The zero-order chi connectivity index (χ0) is 14.0. The quantitative estimate of drug-likeness (QED) is 0.787. The lowest BCUT2D eigenvalue weighted by molar-refractivity contribution is -0.143. The van der Waals surface area contributed by atoms with Gasteiger partial charge in [-0.1, -0.05) is 13.0 Å². The number of aromatic nitrogens is 1. The summed E-state index contributed by atoms with van der Waals surface area (Å²) >= 11 is 0. The highest BCUT2D eigenvalue weighted by atomic mass is 16.4. The molecule has 1 unspecified atom stereocenters. The van der Waals surface area contributed by atoms with E-state index in [2.05, 4.69) is 10.3 Å². The summed E-state index contributed by atoms with van der Waals surface area (Å²) in [6, 6.07) is 7.13. The number of nitrogens with one attached hydrogen (secondary N) is 2. The van der Waals surface area contributed by atoms with Gasteiger partial charge in [-0.3, -0.25) is 4.79 Å². The van der Waals surface area contributed by atoms with Crippen molar-refractivity contribution in [2.24, 2.45) is 0 Å². The minimum atomic E-state index is -1.25. The van der Waals surface area contributed by atoms with Crippen LogP contribution in [0.15, 0.2) is 30.5 Å². The molecule has 19 heavy (non-hydrogen) atoms. The number of amides is 1. The molecule has 1 aromatic heterocycles. The number of hydrogen-bond acceptors (Lipinski definition) is 2. The molecule has 5 heteroatoms. The van der Waals surface area contributed by atoms with Crippen LogP contribution in [-0.4, -0.2) is 27.5 Å². The summed E-state index contributed by atoms with van der Waals surface area (Å²) in [4.78, 5) is 26.3. The number of hydrogen-bond donors (Lipinski definition) is 3. The van der Waals surface area contributed by atoms with E-state index in [-0.39, 0.29) is 5.91 Å². The first-order chi connectivity index (χ1) is 8.96. The number of fused-ring (bicyclic) bond motifs is 1. The van der Waals surface area contributed by atoms with Gasteiger partial charge in [0.1, 0.15) is 5.54 Å². The van der Waals surface area contributed by atoms with E-state index in [4.69, 9.17) is 5.11 Å². The van der Waals surface area contributed by atoms with Gasteiger partial charge in [0.05, 0.1) is 0 Å². The summed E-state index contributed by atoms with van der Waals surface area (Å²) in [6.45, 7) is 3.23. The number of rotatable bonds is 4. The average Bonchev–Trinajstić information content (AvgIpc) is 2.85. The van der Waals surface area contributed by atoms with Crippen LogP contribution < -0.4 is 5.32 Å². The summed E-state index contributed by atoms with van der Waals surface area (Å²) in [5.74, 6) is -1.42. The van der Waals surface area contributed by atoms with Gasteiger partial charge in [0, 0.05) is 17.3 Å². The van der Waals surface area contributed by atoms with Crippen LogP contribution in [0.3, 0.4) is 0 Å². The second-order valence-corrected chi connectivity index (χ2v) is 4.72. The molecule has 1 aromatic carbocycles. The number of benzene rings is 1. The minimum Gasteiger partial charge on any atom is -0.480 e. The molecule has 0 radical (unpaired) electrons. The molecule has 0 aliphatic carbocycles. The number of aromatic amines is 1. The summed E-state index contributed by atoms with van der Waals surface area (Å²) in [5.41, 5.74) is 0.0407. The summed E-state index contributed by atoms with van der Waals surface area (Å²) in [6.07, 6.45) is 2.11. The molecule has 0 saturated heterocycles. The van der Waals surface area contributed by atoms with Crippen LogP contribution >= 0.6 is 0 Å². The number of carbonyl (C=O) groups is 2. The topological polar surface area (TPSA) is 82.2 Å². The van der Waals surface area contributed by atoms with Crippen LogP contribution in [0, 0.1) is 0 Å². The number of carboxylic acids is 1. The highest BCUT2D eigenvalue weighted by molar-refractivity contribution is 6.00. The first-order valence-corrected chi connectivity index (χ1v) is 6.09. The van der Waals surface area contributed by atoms with Crippen molar-refractivity contribution in [1.29, 1.82) is 0 Å². The molecule has 0 fully saturated rings. The van der Waals surface area contributed by atoms with Crippen LogP contribution in [0.2, 0.25) is 0 Å². The van der Waals surface area contributed by atoms with Crippen molar-refractivity contribution in [3.8, 4) is 0 Å². The van der Waals surface area contributed by atoms with Crippen LogP contribution in [0.25, 0.3) is 10.9 Å². The molecule has 0 aliphatic rings. The Labute approximate surface area is 110 Å². The molecular weight excluding hydrogens is 244 g/mol. The molecule has 0 saturated carbocycles. The third kappa shape index (κ3) is 2.45. The Morgan fingerprint density at radius 1 is 1.37 bits per heavy atom. The van der Waals surface area contributed by atoms with E-state index in [1.807, 2.05) is 12.1 Å². The molecule has 0 bridgehead atoms. The van der Waals surface area contributed by atoms with Crippen LogP contribution in [0.5, 0.6) is 0 Å². The van der Waals surface area contributed by atoms with Crippen molar-refractivity contribution in [1.82, 2.24) is 10.3 Å². The molecule has 100 valence electrons. The minimum absolute atomic E-state index is 0.318. The Hall–Kier alpha value is -2.30. The third-order valence-corrected chi connectivity index (χ3v) is 3.39. The van der Waals surface area contributed by atoms with Gasteiger partial charge in [0.15, 0.2) is 0 Å². The van der Waals surface area contributed by atoms with E-state index in [9.17, 15) is 9.59 Å². The van der Waals surface area contributed by atoms with E-state index in [0.29, 0.717) is 12.0 Å². The molecule has 1 atom stereocenters. The smallest absolute Gasteiger partial charge is 0.329 e. The molecular formula is C14H16N2O3. The lowest BCUT2D eigenvalue weighted by atomic mass is 9.98. The lowest BCUT2D eigenvalue weighted by Gasteiger charge is -2.24. The second kappa shape index (κ2) is 4.76. The number of carboxylic acid groups (broad SMARTS) is 1. The predicted octanol–water partition coefficient (Wildman–Crippen LogP) is 2.15. The van der Waals surface area contributed by atoms with Crippen LogP contribution in [-0.2, 0) is 4.79 Å². The molecule has 0 spiro atoms. The molecule has 2 rings (SSSR count). The first kappa shape index (κ1) is 13.1. The van der Waals surface area contributed by atoms with Gasteiger partial charge in [0.2, 0.25) is 0 Å². The second-order valence-electron chi connectivity index (χ2n) is 4.72. The summed E-state index contributed by atoms with van der Waals surface area (Å²) in [7, 11) is 0. The molecule has 1 heterocycles. The maximum Gasteiger partial charge on any atom is 0.329 e. The number of H-pyrrole nitrogens is 1. The SMILES string of the molecule is CCC(C)(NC(=O)c1ccc2cc[nH]c2c1)C(=O)O. The Morgan fingerprint density at radius 3 is 2.74 bits per heavy atom. The first-order valence-electron chi connectivity index (χ1n) is 6.09. The molecule has 2 aromatic rings. The van der Waals surface area contributed by atoms with Crippen molar-refractivity contribution in [3.05, 3.63) is 36.0 Å². The predicted molar refractivity (Wildman–Crippen MR) is 72.1 cm³/mol. The van der Waals surface area contributed by atoms with Gasteiger partial charge in [-0.2, -0.15) is 0 Å². The van der Waals surface area contributed by atoms with Gasteiger partial charge in [-0.15, -0.1) is 0 Å². The largest absolute Gasteiger partial charge is 0.480 e. The van der Waals surface area contributed by atoms with Gasteiger partial charge >= 0.3 is 5.97 Å². The molecule has 5 nitrogen and oxygen atoms in total. The average molecular weight is 260 g/mol. The van der Waals surface area contributed by atoms with Crippen molar-refractivity contribution in [2.75, 3.05) is 0 Å². The van der Waals surface area contributed by atoms with Crippen LogP contribution in [0.4, 0.5) is 0 Å². The number of carbonyl (C=O) groups excluding carboxylic acids is 1. The van der Waals surface area contributed by atoms with Crippen molar-refractivity contribution in [3.63, 3.8) is 0 Å². The van der Waals surface area contributed by atoms with Crippen LogP contribution in [0.1, 0.15) is 30.6 Å². The molecule has 0 aliphatic heterocycles. The van der Waals surface area contributed by atoms with Crippen molar-refractivity contribution < 1.29 is 14.7 Å². The maximum atomic E-state index is 12.1. The highest BCUT2D eigenvalue weighted by Gasteiger charge is 2.33. The fourth-order valence-electron chi connectivity index (χ4n) is 1.80. The number of aliphatic carboxylic acids is 1. The fraction of sp³-hybridized carbons (Fsp3) is 0.286. The molecule has 3 N–H and O–H groups in total. The van der Waals surface area contributed by atoms with E-state index >= 15 is 0 Å². The summed E-state index contributed by atoms with van der Waals surface area (Å²) in [5, 5.41) is 12.7. The third-order valence-electron chi connectivity index (χ3n) is 3.39. The Bertz CT molecular complexity index is 632. The van der Waals surface area contributed by atoms with Gasteiger partial charge in [-0.05, 0) is 36.9 Å². The van der Waals surface area contributed by atoms with Crippen molar-refractivity contribution >= 4 is 22.8 Å². The monoisotopic (exact) mass is 260 g/mol. The Morgan fingerprint density at radius 2 is 2.11 bits per heavy atom. The lowest BCUT2D eigenvalue weighted by Crippen LogP contribution is -2.51. The zero-order valence-corrected chi connectivity index (χ0v) is 10.9. The van der Waals surface area contributed by atoms with E-state index in [1.165, 1.54) is 6.92 Å².